The molecule has 0 bridgehead atoms. The van der Waals surface area contributed by atoms with Crippen molar-refractivity contribution in [3.8, 4) is 0 Å². The second-order valence-electron chi connectivity index (χ2n) is 3.89. The van der Waals surface area contributed by atoms with E-state index in [9.17, 15) is 0 Å². The number of hydrogen-bond acceptors (Lipinski definition) is 1. The van der Waals surface area contributed by atoms with Crippen molar-refractivity contribution in [1.82, 2.24) is 5.32 Å². The summed E-state index contributed by atoms with van der Waals surface area (Å²) >= 11 is 8.66. The van der Waals surface area contributed by atoms with E-state index in [2.05, 4.69) is 45.6 Å². The molecule has 80 valence electrons. The third-order valence-corrected chi connectivity index (χ3v) is 2.89. The van der Waals surface area contributed by atoms with Crippen LogP contribution in [0.5, 0.6) is 0 Å². The van der Waals surface area contributed by atoms with Gasteiger partial charge in [0.05, 0.1) is 0 Å². The van der Waals surface area contributed by atoms with E-state index in [1.54, 1.807) is 0 Å². The number of benzene rings is 1. The molecule has 0 aliphatic heterocycles. The van der Waals surface area contributed by atoms with Crippen LogP contribution >= 0.6 is 28.1 Å². The Bertz CT molecular complexity index is 368. The number of hydrogen-bond donors (Lipinski definition) is 2. The minimum atomic E-state index is 0.596. The van der Waals surface area contributed by atoms with E-state index < -0.39 is 0 Å². The molecule has 0 amide bonds. The summed E-state index contributed by atoms with van der Waals surface area (Å²) in [6, 6.07) is 6.76. The fraction of sp³-hybridized carbons (Fsp3) is 0.364. The molecule has 0 atom stereocenters. The molecule has 0 heterocycles. The summed E-state index contributed by atoms with van der Waals surface area (Å²) in [5.41, 5.74) is 2.24. The Labute approximate surface area is 104 Å². The predicted molar refractivity (Wildman–Crippen MR) is 71.3 cm³/mol. The van der Waals surface area contributed by atoms with Gasteiger partial charge in [-0.2, -0.15) is 0 Å². The zero-order chi connectivity index (χ0) is 10.8. The van der Waals surface area contributed by atoms with E-state index in [0.29, 0.717) is 6.04 Å². The Morgan fingerprint density at radius 2 is 2.13 bits per heavy atom. The number of nitrogens with one attached hydrogen (secondary N) is 2. The van der Waals surface area contributed by atoms with Crippen LogP contribution in [0.2, 0.25) is 0 Å². The van der Waals surface area contributed by atoms with E-state index in [1.807, 2.05) is 6.07 Å². The van der Waals surface area contributed by atoms with Crippen LogP contribution in [0.1, 0.15) is 18.4 Å². The highest BCUT2D eigenvalue weighted by molar-refractivity contribution is 9.10. The SMILES string of the molecule is Cc1cc(Br)cc(NC(=S)NC2CC2)c1. The third-order valence-electron chi connectivity index (χ3n) is 2.21. The lowest BCUT2D eigenvalue weighted by molar-refractivity contribution is 0.919. The first-order valence-electron chi connectivity index (χ1n) is 4.98. The molecule has 1 aliphatic carbocycles. The van der Waals surface area contributed by atoms with Gasteiger partial charge in [-0.1, -0.05) is 15.9 Å². The van der Waals surface area contributed by atoms with E-state index in [0.717, 1.165) is 15.3 Å². The summed E-state index contributed by atoms with van der Waals surface area (Å²) in [6.45, 7) is 2.06. The first-order valence-corrected chi connectivity index (χ1v) is 6.18. The molecule has 1 saturated carbocycles. The number of rotatable bonds is 2. The lowest BCUT2D eigenvalue weighted by atomic mass is 10.2. The Balaban J connectivity index is 1.99. The van der Waals surface area contributed by atoms with Crippen LogP contribution < -0.4 is 10.6 Å². The summed E-state index contributed by atoms with van der Waals surface area (Å²) in [5, 5.41) is 7.15. The quantitative estimate of drug-likeness (QED) is 0.816. The number of aryl methyl sites for hydroxylation is 1. The molecule has 1 fully saturated rings. The maximum atomic E-state index is 5.20. The van der Waals surface area contributed by atoms with Gasteiger partial charge < -0.3 is 10.6 Å². The van der Waals surface area contributed by atoms with Crippen molar-refractivity contribution in [3.05, 3.63) is 28.2 Å². The Morgan fingerprint density at radius 3 is 2.73 bits per heavy atom. The molecule has 1 aromatic carbocycles. The van der Waals surface area contributed by atoms with Crippen molar-refractivity contribution in [1.29, 1.82) is 0 Å². The summed E-state index contributed by atoms with van der Waals surface area (Å²) in [7, 11) is 0. The van der Waals surface area contributed by atoms with Crippen molar-refractivity contribution in [2.75, 3.05) is 5.32 Å². The highest BCUT2D eigenvalue weighted by Crippen LogP contribution is 2.21. The van der Waals surface area contributed by atoms with Crippen LogP contribution in [0.25, 0.3) is 0 Å². The third kappa shape index (κ3) is 3.47. The fourth-order valence-electron chi connectivity index (χ4n) is 1.39. The van der Waals surface area contributed by atoms with E-state index in [-0.39, 0.29) is 0 Å². The van der Waals surface area contributed by atoms with Gasteiger partial charge in [0, 0.05) is 16.2 Å². The molecule has 2 nitrogen and oxygen atoms in total. The van der Waals surface area contributed by atoms with Gasteiger partial charge >= 0.3 is 0 Å². The van der Waals surface area contributed by atoms with Gasteiger partial charge in [-0.3, -0.25) is 0 Å². The monoisotopic (exact) mass is 284 g/mol. The van der Waals surface area contributed by atoms with Gasteiger partial charge in [-0.05, 0) is 55.7 Å². The van der Waals surface area contributed by atoms with Crippen molar-refractivity contribution in [3.63, 3.8) is 0 Å². The van der Waals surface area contributed by atoms with Crippen LogP contribution in [0.3, 0.4) is 0 Å². The van der Waals surface area contributed by atoms with Gasteiger partial charge in [-0.25, -0.2) is 0 Å². The predicted octanol–water partition coefficient (Wildman–Crippen LogP) is 3.21. The number of thiocarbonyl (C=S) groups is 1. The smallest absolute Gasteiger partial charge is 0.170 e. The molecule has 0 spiro atoms. The van der Waals surface area contributed by atoms with E-state index >= 15 is 0 Å². The largest absolute Gasteiger partial charge is 0.360 e. The molecule has 0 saturated heterocycles. The van der Waals surface area contributed by atoms with Gasteiger partial charge in [0.15, 0.2) is 5.11 Å². The second-order valence-corrected chi connectivity index (χ2v) is 5.21. The zero-order valence-electron chi connectivity index (χ0n) is 8.51. The molecule has 4 heteroatoms. The first-order chi connectivity index (χ1) is 7.13. The van der Waals surface area contributed by atoms with Crippen LogP contribution in [-0.4, -0.2) is 11.2 Å². The standard InChI is InChI=1S/C11H13BrN2S/c1-7-4-8(12)6-10(5-7)14-11(15)13-9-2-3-9/h4-6,9H,2-3H2,1H3,(H2,13,14,15). The summed E-state index contributed by atoms with van der Waals surface area (Å²) in [6.07, 6.45) is 2.47. The number of anilines is 1. The van der Waals surface area contributed by atoms with Gasteiger partial charge in [0.2, 0.25) is 0 Å². The van der Waals surface area contributed by atoms with Crippen LogP contribution in [0.15, 0.2) is 22.7 Å². The Kier molecular flexibility index (Phi) is 3.26. The summed E-state index contributed by atoms with van der Waals surface area (Å²) in [4.78, 5) is 0. The second kappa shape index (κ2) is 4.49. The zero-order valence-corrected chi connectivity index (χ0v) is 10.9. The minimum absolute atomic E-state index is 0.596. The van der Waals surface area contributed by atoms with Crippen molar-refractivity contribution in [2.24, 2.45) is 0 Å². The van der Waals surface area contributed by atoms with E-state index in [1.165, 1.54) is 18.4 Å². The average molecular weight is 285 g/mol. The fourth-order valence-corrected chi connectivity index (χ4v) is 2.28. The van der Waals surface area contributed by atoms with Crippen molar-refractivity contribution >= 4 is 38.9 Å². The molecule has 2 N–H and O–H groups in total. The topological polar surface area (TPSA) is 24.1 Å². The van der Waals surface area contributed by atoms with E-state index in [4.69, 9.17) is 12.2 Å². The normalized spacial score (nSPS) is 14.8. The minimum Gasteiger partial charge on any atom is -0.360 e. The Hall–Kier alpha value is -0.610. The molecule has 0 aromatic heterocycles. The molecule has 1 aromatic rings. The highest BCUT2D eigenvalue weighted by atomic mass is 79.9. The van der Waals surface area contributed by atoms with Gasteiger partial charge in [-0.15, -0.1) is 0 Å². The lowest BCUT2D eigenvalue weighted by Gasteiger charge is -2.10. The molecule has 15 heavy (non-hydrogen) atoms. The molecule has 1 aliphatic rings. The summed E-state index contributed by atoms with van der Waals surface area (Å²) in [5.74, 6) is 0. The molecular weight excluding hydrogens is 272 g/mol. The van der Waals surface area contributed by atoms with Gasteiger partial charge in [0.25, 0.3) is 0 Å². The average Bonchev–Trinajstić information content (AvgIpc) is 2.85. The first kappa shape index (κ1) is 10.9. The lowest BCUT2D eigenvalue weighted by Crippen LogP contribution is -2.30. The van der Waals surface area contributed by atoms with Crippen molar-refractivity contribution in [2.45, 2.75) is 25.8 Å². The molecule has 0 radical (unpaired) electrons. The molecule has 2 rings (SSSR count). The van der Waals surface area contributed by atoms with Crippen LogP contribution in [0, 0.1) is 6.92 Å². The van der Waals surface area contributed by atoms with Crippen LogP contribution in [-0.2, 0) is 0 Å². The maximum Gasteiger partial charge on any atom is 0.170 e. The molecular formula is C11H13BrN2S. The Morgan fingerprint density at radius 1 is 1.40 bits per heavy atom. The highest BCUT2D eigenvalue weighted by Gasteiger charge is 2.21. The number of halogens is 1. The molecule has 0 unspecified atom stereocenters. The summed E-state index contributed by atoms with van der Waals surface area (Å²) < 4.78 is 1.07. The van der Waals surface area contributed by atoms with Gasteiger partial charge in [0.1, 0.15) is 0 Å². The maximum absolute atomic E-state index is 5.20. The van der Waals surface area contributed by atoms with Crippen LogP contribution in [0.4, 0.5) is 5.69 Å². The van der Waals surface area contributed by atoms with Crippen molar-refractivity contribution < 1.29 is 0 Å².